The summed E-state index contributed by atoms with van der Waals surface area (Å²) in [5.74, 6) is 0.500. The van der Waals surface area contributed by atoms with E-state index in [0.717, 1.165) is 0 Å². The van der Waals surface area contributed by atoms with Gasteiger partial charge in [0.25, 0.3) is 0 Å². The van der Waals surface area contributed by atoms with Gasteiger partial charge in [-0.2, -0.15) is 12.1 Å². The molecule has 109 valence electrons. The SMILES string of the molecule is CSCOc1ccc(-c2[c-]cc(I)c(=O)n2C)c(F)c1.[Y]. The molecular weight excluding hydrogens is 481 g/mol. The molecule has 0 aliphatic carbocycles. The van der Waals surface area contributed by atoms with Crippen LogP contribution in [0.3, 0.4) is 0 Å². The van der Waals surface area contributed by atoms with Gasteiger partial charge in [-0.05, 0) is 15.9 Å². The molecule has 2 rings (SSSR count). The van der Waals surface area contributed by atoms with Gasteiger partial charge in [-0.1, -0.05) is 11.3 Å². The minimum Gasteiger partial charge on any atom is -0.483 e. The molecule has 21 heavy (non-hydrogen) atoms. The van der Waals surface area contributed by atoms with E-state index in [9.17, 15) is 9.18 Å². The van der Waals surface area contributed by atoms with E-state index in [2.05, 4.69) is 6.07 Å². The van der Waals surface area contributed by atoms with E-state index in [1.807, 2.05) is 28.8 Å². The van der Waals surface area contributed by atoms with Gasteiger partial charge >= 0.3 is 0 Å². The average molecular weight is 493 g/mol. The van der Waals surface area contributed by atoms with Gasteiger partial charge in [0, 0.05) is 45.8 Å². The van der Waals surface area contributed by atoms with Crippen molar-refractivity contribution in [2.45, 2.75) is 0 Å². The molecule has 3 nitrogen and oxygen atoms in total. The van der Waals surface area contributed by atoms with E-state index in [-0.39, 0.29) is 38.3 Å². The monoisotopic (exact) mass is 493 g/mol. The molecular formula is C14H12FINO2SY-. The third-order valence-corrected chi connectivity index (χ3v) is 3.85. The Labute approximate surface area is 165 Å². The number of hydrogen-bond donors (Lipinski definition) is 0. The number of benzene rings is 1. The zero-order valence-electron chi connectivity index (χ0n) is 11.5. The molecule has 0 aliphatic rings. The van der Waals surface area contributed by atoms with E-state index in [4.69, 9.17) is 4.74 Å². The van der Waals surface area contributed by atoms with Crippen LogP contribution < -0.4 is 10.3 Å². The van der Waals surface area contributed by atoms with E-state index < -0.39 is 5.82 Å². The maximum absolute atomic E-state index is 14.2. The molecule has 1 aromatic carbocycles. The van der Waals surface area contributed by atoms with E-state index in [1.165, 1.54) is 22.4 Å². The van der Waals surface area contributed by atoms with Gasteiger partial charge < -0.3 is 9.30 Å². The smallest absolute Gasteiger partial charge is 0.207 e. The van der Waals surface area contributed by atoms with Crippen LogP contribution in [0, 0.1) is 15.5 Å². The largest absolute Gasteiger partial charge is 0.483 e. The number of rotatable bonds is 4. The predicted octanol–water partition coefficient (Wildman–Crippen LogP) is 3.29. The number of halogens is 2. The second-order valence-electron chi connectivity index (χ2n) is 4.04. The van der Waals surface area contributed by atoms with Crippen LogP contribution >= 0.6 is 34.4 Å². The summed E-state index contributed by atoms with van der Waals surface area (Å²) < 4.78 is 21.4. The van der Waals surface area contributed by atoms with Crippen LogP contribution in [-0.2, 0) is 39.8 Å². The Morgan fingerprint density at radius 2 is 2.19 bits per heavy atom. The molecule has 2 aromatic rings. The Balaban J connectivity index is 0.00000220. The van der Waals surface area contributed by atoms with Gasteiger partial charge in [0.05, 0.1) is 5.82 Å². The van der Waals surface area contributed by atoms with Crippen LogP contribution in [0.5, 0.6) is 5.75 Å². The first-order valence-corrected chi connectivity index (χ1v) is 8.20. The van der Waals surface area contributed by atoms with Crippen LogP contribution in [0.25, 0.3) is 11.3 Å². The van der Waals surface area contributed by atoms with E-state index in [0.29, 0.717) is 26.5 Å². The summed E-state index contributed by atoms with van der Waals surface area (Å²) in [5.41, 5.74) is 0.586. The molecule has 0 amide bonds. The molecule has 0 aliphatic heterocycles. The van der Waals surface area contributed by atoms with Gasteiger partial charge in [-0.3, -0.25) is 4.79 Å². The topological polar surface area (TPSA) is 31.2 Å². The summed E-state index contributed by atoms with van der Waals surface area (Å²) in [6, 6.07) is 9.11. The second-order valence-corrected chi connectivity index (χ2v) is 6.02. The van der Waals surface area contributed by atoms with Gasteiger partial charge in [-0.25, -0.2) is 4.39 Å². The molecule has 7 heteroatoms. The van der Waals surface area contributed by atoms with Crippen LogP contribution in [0.1, 0.15) is 0 Å². The molecule has 0 unspecified atom stereocenters. The van der Waals surface area contributed by atoms with Crippen molar-refractivity contribution in [3.63, 3.8) is 0 Å². The normalized spacial score (nSPS) is 10.1. The Morgan fingerprint density at radius 1 is 1.48 bits per heavy atom. The quantitative estimate of drug-likeness (QED) is 0.373. The molecule has 1 radical (unpaired) electrons. The summed E-state index contributed by atoms with van der Waals surface area (Å²) in [5, 5.41) is 0. The Bertz CT molecular complexity index is 693. The number of aromatic nitrogens is 1. The van der Waals surface area contributed by atoms with Gasteiger partial charge in [-0.15, -0.1) is 40.4 Å². The van der Waals surface area contributed by atoms with Crippen molar-refractivity contribution in [1.29, 1.82) is 0 Å². The van der Waals surface area contributed by atoms with Crippen molar-refractivity contribution in [1.82, 2.24) is 4.57 Å². The zero-order valence-corrected chi connectivity index (χ0v) is 17.3. The molecule has 0 bridgehead atoms. The van der Waals surface area contributed by atoms with Crippen LogP contribution in [0.2, 0.25) is 0 Å². The van der Waals surface area contributed by atoms with Gasteiger partial charge in [0.2, 0.25) is 5.56 Å². The summed E-state index contributed by atoms with van der Waals surface area (Å²) >= 11 is 3.45. The van der Waals surface area contributed by atoms with E-state index in [1.54, 1.807) is 25.2 Å². The minimum atomic E-state index is -0.434. The molecule has 0 atom stereocenters. The Morgan fingerprint density at radius 3 is 2.81 bits per heavy atom. The minimum absolute atomic E-state index is 0. The van der Waals surface area contributed by atoms with Crippen molar-refractivity contribution in [2.75, 3.05) is 12.2 Å². The van der Waals surface area contributed by atoms with Crippen molar-refractivity contribution in [3.8, 4) is 17.0 Å². The first-order valence-electron chi connectivity index (χ1n) is 5.73. The van der Waals surface area contributed by atoms with Crippen molar-refractivity contribution >= 4 is 34.4 Å². The molecule has 0 saturated carbocycles. The first-order chi connectivity index (χ1) is 9.54. The third kappa shape index (κ3) is 4.53. The summed E-state index contributed by atoms with van der Waals surface area (Å²) in [6.07, 6.45) is 1.90. The fourth-order valence-corrected chi connectivity index (χ4v) is 2.49. The number of hydrogen-bond acceptors (Lipinski definition) is 3. The molecule has 0 spiro atoms. The van der Waals surface area contributed by atoms with E-state index >= 15 is 0 Å². The zero-order chi connectivity index (χ0) is 14.7. The molecule has 0 N–H and O–H groups in total. The van der Waals surface area contributed by atoms with Crippen molar-refractivity contribution in [2.24, 2.45) is 7.05 Å². The Hall–Kier alpha value is 0.0839. The second kappa shape index (κ2) is 8.65. The fraction of sp³-hybridized carbons (Fsp3) is 0.214. The van der Waals surface area contributed by atoms with Crippen LogP contribution in [0.15, 0.2) is 29.1 Å². The maximum Gasteiger partial charge on any atom is 0.207 e. The van der Waals surface area contributed by atoms with Crippen LogP contribution in [-0.4, -0.2) is 16.8 Å². The third-order valence-electron chi connectivity index (χ3n) is 2.72. The number of ether oxygens (including phenoxy) is 1. The Kier molecular flexibility index (Phi) is 7.88. The van der Waals surface area contributed by atoms with Crippen LogP contribution in [0.4, 0.5) is 4.39 Å². The molecule has 0 fully saturated rings. The number of pyridine rings is 1. The first kappa shape index (κ1) is 19.1. The predicted molar refractivity (Wildman–Crippen MR) is 87.6 cm³/mol. The molecule has 0 saturated heterocycles. The van der Waals surface area contributed by atoms with Gasteiger partial charge in [0.1, 0.15) is 11.7 Å². The maximum atomic E-state index is 14.2. The fourth-order valence-electron chi connectivity index (χ4n) is 1.72. The summed E-state index contributed by atoms with van der Waals surface area (Å²) in [4.78, 5) is 11.9. The standard InChI is InChI=1S/C14H12FINO2S.Y/c1-17-13(6-5-12(16)14(17)18)10-4-3-9(7-11(10)15)19-8-20-2;/h3-5,7H,8H2,1-2H3;/q-1;. The van der Waals surface area contributed by atoms with Crippen molar-refractivity contribution < 1.29 is 41.8 Å². The van der Waals surface area contributed by atoms with Gasteiger partial charge in [0.15, 0.2) is 0 Å². The average Bonchev–Trinajstić information content (AvgIpc) is 2.44. The summed E-state index contributed by atoms with van der Waals surface area (Å²) in [6.45, 7) is 0. The van der Waals surface area contributed by atoms with Crippen molar-refractivity contribution in [3.05, 3.63) is 50.1 Å². The number of thioether (sulfide) groups is 1. The molecule has 1 aromatic heterocycles. The summed E-state index contributed by atoms with van der Waals surface area (Å²) in [7, 11) is 1.61. The molecule has 1 heterocycles. The number of nitrogens with zero attached hydrogens (tertiary/aromatic N) is 1.